The Balaban J connectivity index is 1.27. The molecule has 0 aliphatic heterocycles. The maximum Gasteiger partial charge on any atom is 0.339 e. The summed E-state index contributed by atoms with van der Waals surface area (Å²) in [7, 11) is 0. The van der Waals surface area contributed by atoms with Crippen LogP contribution in [0, 0.1) is 5.92 Å². The fourth-order valence-corrected chi connectivity index (χ4v) is 6.42. The number of aryl methyl sites for hydroxylation is 1. The second-order valence-electron chi connectivity index (χ2n) is 18.3. The standard InChI is InChI=1S/C51H71N3O10/c1-36(2)30-43(54-46(56)17-12-16-37-14-10-9-11-15-37)48(58)53-23-25-61-26-27-62-28-29-63-35-47(57)52-22-13-24-64-45-31-38(18-20-42(45)49(59)60)19-21-44(55)39-32-40(50(3,4)5)34-41(33-39)51(6,7)8/h9-11,14-15,18-21,31-34,36,43H,12-13,16-17,22-30,35H2,1-8H3,(H,52,57)(H,53,58)(H,54,56)(H,59,60)/b21-19+/t43-/m0/s1. The van der Waals surface area contributed by atoms with Gasteiger partial charge in [0.2, 0.25) is 17.7 Å². The Morgan fingerprint density at radius 2 is 1.34 bits per heavy atom. The highest BCUT2D eigenvalue weighted by Crippen LogP contribution is 2.31. The van der Waals surface area contributed by atoms with E-state index in [-0.39, 0.29) is 84.6 Å². The molecule has 0 aromatic heterocycles. The number of nitrogens with one attached hydrogen (secondary N) is 3. The van der Waals surface area contributed by atoms with Crippen LogP contribution in [0.4, 0.5) is 0 Å². The van der Waals surface area contributed by atoms with Crippen LogP contribution in [0.5, 0.6) is 5.75 Å². The highest BCUT2D eigenvalue weighted by Gasteiger charge is 2.23. The van der Waals surface area contributed by atoms with Crippen LogP contribution in [-0.4, -0.2) is 100.0 Å². The van der Waals surface area contributed by atoms with E-state index < -0.39 is 12.0 Å². The van der Waals surface area contributed by atoms with Crippen molar-refractivity contribution in [1.29, 1.82) is 0 Å². The fraction of sp³-hybridized carbons (Fsp3) is 0.510. The minimum atomic E-state index is -1.14. The van der Waals surface area contributed by atoms with Gasteiger partial charge in [-0.2, -0.15) is 0 Å². The monoisotopic (exact) mass is 886 g/mol. The van der Waals surface area contributed by atoms with E-state index in [0.29, 0.717) is 63.1 Å². The van der Waals surface area contributed by atoms with Crippen molar-refractivity contribution in [1.82, 2.24) is 16.0 Å². The zero-order valence-electron chi connectivity index (χ0n) is 39.2. The average Bonchev–Trinajstić information content (AvgIpc) is 3.23. The minimum absolute atomic E-state index is 0.00866. The summed E-state index contributed by atoms with van der Waals surface area (Å²) in [6.07, 6.45) is 5.95. The quantitative estimate of drug-likeness (QED) is 0.0325. The van der Waals surface area contributed by atoms with Crippen molar-refractivity contribution in [2.45, 2.75) is 104 Å². The van der Waals surface area contributed by atoms with E-state index >= 15 is 0 Å². The van der Waals surface area contributed by atoms with E-state index in [4.69, 9.17) is 18.9 Å². The summed E-state index contributed by atoms with van der Waals surface area (Å²) in [6, 6.07) is 20.1. The molecule has 3 amide bonds. The number of hydrogen-bond donors (Lipinski definition) is 4. The van der Waals surface area contributed by atoms with Gasteiger partial charge in [-0.25, -0.2) is 4.79 Å². The van der Waals surface area contributed by atoms with Gasteiger partial charge < -0.3 is 40.0 Å². The first kappa shape index (κ1) is 53.0. The predicted molar refractivity (Wildman–Crippen MR) is 250 cm³/mol. The predicted octanol–water partition coefficient (Wildman–Crippen LogP) is 7.48. The van der Waals surface area contributed by atoms with Crippen LogP contribution >= 0.6 is 0 Å². The summed E-state index contributed by atoms with van der Waals surface area (Å²) >= 11 is 0. The van der Waals surface area contributed by atoms with Gasteiger partial charge in [0.25, 0.3) is 0 Å². The van der Waals surface area contributed by atoms with Crippen LogP contribution in [-0.2, 0) is 45.8 Å². The van der Waals surface area contributed by atoms with Gasteiger partial charge >= 0.3 is 5.97 Å². The molecule has 0 saturated carbocycles. The molecule has 350 valence electrons. The number of carboxylic acids is 1. The van der Waals surface area contributed by atoms with Crippen molar-refractivity contribution in [3.63, 3.8) is 0 Å². The van der Waals surface area contributed by atoms with Gasteiger partial charge in [-0.1, -0.05) is 104 Å². The normalized spacial score (nSPS) is 12.3. The molecule has 3 aromatic rings. The number of ether oxygens (including phenoxy) is 4. The molecule has 0 aliphatic carbocycles. The summed E-state index contributed by atoms with van der Waals surface area (Å²) in [5.74, 6) is -1.58. The number of ketones is 1. The third-order valence-corrected chi connectivity index (χ3v) is 10.1. The molecule has 64 heavy (non-hydrogen) atoms. The molecule has 3 aromatic carbocycles. The molecule has 0 aliphatic rings. The first-order chi connectivity index (χ1) is 30.3. The number of carboxylic acid groups (broad SMARTS) is 1. The first-order valence-corrected chi connectivity index (χ1v) is 22.3. The summed E-state index contributed by atoms with van der Waals surface area (Å²) in [4.78, 5) is 62.8. The van der Waals surface area contributed by atoms with Crippen LogP contribution in [0.25, 0.3) is 6.08 Å². The number of allylic oxidation sites excluding steroid dienone is 1. The molecule has 0 spiro atoms. The third-order valence-electron chi connectivity index (χ3n) is 10.1. The summed E-state index contributed by atoms with van der Waals surface area (Å²) in [5.41, 5.74) is 4.24. The Morgan fingerprint density at radius 3 is 1.97 bits per heavy atom. The summed E-state index contributed by atoms with van der Waals surface area (Å²) in [6.45, 7) is 18.7. The Hall–Kier alpha value is -5.37. The lowest BCUT2D eigenvalue weighted by molar-refractivity contribution is -0.129. The number of amides is 3. The van der Waals surface area contributed by atoms with E-state index in [0.717, 1.165) is 17.5 Å². The topological polar surface area (TPSA) is 179 Å². The number of benzene rings is 3. The number of carbonyl (C=O) groups is 5. The molecule has 0 unspecified atom stereocenters. The molecule has 0 fully saturated rings. The van der Waals surface area contributed by atoms with E-state index in [2.05, 4.69) is 63.6 Å². The van der Waals surface area contributed by atoms with Gasteiger partial charge in [0.05, 0.1) is 39.6 Å². The maximum atomic E-state index is 13.3. The van der Waals surface area contributed by atoms with Crippen molar-refractivity contribution in [3.05, 3.63) is 106 Å². The van der Waals surface area contributed by atoms with Gasteiger partial charge in [0.15, 0.2) is 5.78 Å². The zero-order chi connectivity index (χ0) is 47.1. The number of aromatic carboxylic acids is 1. The maximum absolute atomic E-state index is 13.3. The average molecular weight is 886 g/mol. The summed E-state index contributed by atoms with van der Waals surface area (Å²) in [5, 5.41) is 18.2. The number of rotatable bonds is 28. The SMILES string of the molecule is CC(C)C[C@H](NC(=O)CCCc1ccccc1)C(=O)NCCOCCOCCOCC(=O)NCCCOc1cc(/C=C/C(=O)c2cc(C(C)(C)C)cc(C(C)(C)C)c2)ccc1C(=O)O. The molecule has 13 heteroatoms. The van der Waals surface area contributed by atoms with Crippen LogP contribution < -0.4 is 20.7 Å². The lowest BCUT2D eigenvalue weighted by Gasteiger charge is -2.25. The van der Waals surface area contributed by atoms with Gasteiger partial charge in [-0.05, 0) is 95.0 Å². The molecule has 4 N–H and O–H groups in total. The molecular formula is C51H71N3O10. The van der Waals surface area contributed by atoms with Crippen molar-refractivity contribution in [2.75, 3.05) is 59.3 Å². The lowest BCUT2D eigenvalue weighted by Crippen LogP contribution is -2.48. The van der Waals surface area contributed by atoms with E-state index in [9.17, 15) is 29.1 Å². The Kier molecular flexibility index (Phi) is 22.4. The van der Waals surface area contributed by atoms with Gasteiger partial charge in [0.1, 0.15) is 24.0 Å². The van der Waals surface area contributed by atoms with Gasteiger partial charge in [0, 0.05) is 25.1 Å². The Bertz CT molecular complexity index is 1950. The Morgan fingerprint density at radius 1 is 0.703 bits per heavy atom. The molecule has 3 rings (SSSR count). The van der Waals surface area contributed by atoms with E-state index in [1.165, 1.54) is 17.7 Å². The van der Waals surface area contributed by atoms with Crippen LogP contribution in [0.15, 0.2) is 72.8 Å². The smallest absolute Gasteiger partial charge is 0.339 e. The largest absolute Gasteiger partial charge is 0.493 e. The molecule has 0 saturated heterocycles. The first-order valence-electron chi connectivity index (χ1n) is 22.3. The molecule has 0 bridgehead atoms. The van der Waals surface area contributed by atoms with E-state index in [1.807, 2.05) is 56.3 Å². The van der Waals surface area contributed by atoms with Crippen LogP contribution in [0.3, 0.4) is 0 Å². The number of carbonyl (C=O) groups excluding carboxylic acids is 4. The second kappa shape index (κ2) is 27.1. The highest BCUT2D eigenvalue weighted by atomic mass is 16.5. The van der Waals surface area contributed by atoms with Crippen molar-refractivity contribution < 1.29 is 48.0 Å². The molecule has 0 radical (unpaired) electrons. The molecule has 13 nitrogen and oxygen atoms in total. The third kappa shape index (κ3) is 20.4. The van der Waals surface area contributed by atoms with Gasteiger partial charge in [-0.3, -0.25) is 19.2 Å². The molecular weight excluding hydrogens is 815 g/mol. The molecule has 0 heterocycles. The van der Waals surface area contributed by atoms with Gasteiger partial charge in [-0.15, -0.1) is 0 Å². The molecule has 1 atom stereocenters. The summed E-state index contributed by atoms with van der Waals surface area (Å²) < 4.78 is 22.3. The van der Waals surface area contributed by atoms with Crippen LogP contribution in [0.1, 0.15) is 124 Å². The van der Waals surface area contributed by atoms with E-state index in [1.54, 1.807) is 18.2 Å². The highest BCUT2D eigenvalue weighted by molar-refractivity contribution is 6.07. The minimum Gasteiger partial charge on any atom is -0.493 e. The van der Waals surface area contributed by atoms with Crippen molar-refractivity contribution >= 4 is 35.6 Å². The number of hydrogen-bond acceptors (Lipinski definition) is 9. The second-order valence-corrected chi connectivity index (χ2v) is 18.3. The Labute approximate surface area is 380 Å². The van der Waals surface area contributed by atoms with Crippen molar-refractivity contribution in [2.24, 2.45) is 5.92 Å². The zero-order valence-corrected chi connectivity index (χ0v) is 39.2. The fourth-order valence-electron chi connectivity index (χ4n) is 6.42. The van der Waals surface area contributed by atoms with Crippen LogP contribution in [0.2, 0.25) is 0 Å². The lowest BCUT2D eigenvalue weighted by atomic mass is 9.79. The van der Waals surface area contributed by atoms with Crippen molar-refractivity contribution in [3.8, 4) is 5.75 Å².